The summed E-state index contributed by atoms with van der Waals surface area (Å²) in [6.45, 7) is 9.95. The van der Waals surface area contributed by atoms with E-state index in [0.29, 0.717) is 25.3 Å². The molecule has 0 saturated carbocycles. The lowest BCUT2D eigenvalue weighted by Crippen LogP contribution is -2.52. The molecule has 2 amide bonds. The van der Waals surface area contributed by atoms with Gasteiger partial charge in [0.15, 0.2) is 0 Å². The highest BCUT2D eigenvalue weighted by Gasteiger charge is 2.34. The highest BCUT2D eigenvalue weighted by Crippen LogP contribution is 2.33. The van der Waals surface area contributed by atoms with E-state index in [1.54, 1.807) is 36.4 Å². The topological polar surface area (TPSA) is 96.0 Å². The van der Waals surface area contributed by atoms with Gasteiger partial charge in [-0.3, -0.25) is 13.9 Å². The summed E-state index contributed by atoms with van der Waals surface area (Å²) in [7, 11) is -4.18. The molecule has 0 heterocycles. The molecule has 1 N–H and O–H groups in total. The SMILES string of the molecule is CCOc1ccccc1N(CC(=O)N(Cc1ccccc1)[C@H](CC)C(=O)NCC(C)C)S(=O)(=O)c1ccc(C)cc1. The summed E-state index contributed by atoms with van der Waals surface area (Å²) in [4.78, 5) is 29.0. The van der Waals surface area contributed by atoms with Crippen LogP contribution in [0, 0.1) is 12.8 Å². The molecular weight excluding hydrogens is 538 g/mol. The number of sulfonamides is 1. The Hall–Kier alpha value is -3.85. The van der Waals surface area contributed by atoms with Gasteiger partial charge < -0.3 is 15.0 Å². The van der Waals surface area contributed by atoms with Crippen LogP contribution in [0.25, 0.3) is 0 Å². The number of amides is 2. The molecule has 0 spiro atoms. The van der Waals surface area contributed by atoms with Crippen LogP contribution in [0.15, 0.2) is 83.8 Å². The van der Waals surface area contributed by atoms with Gasteiger partial charge in [0, 0.05) is 13.1 Å². The van der Waals surface area contributed by atoms with Crippen LogP contribution >= 0.6 is 0 Å². The Bertz CT molecular complexity index is 1390. The van der Waals surface area contributed by atoms with Gasteiger partial charge in [-0.1, -0.05) is 80.9 Å². The second-order valence-electron chi connectivity index (χ2n) is 10.3. The van der Waals surface area contributed by atoms with E-state index in [2.05, 4.69) is 5.32 Å². The Morgan fingerprint density at radius 2 is 1.54 bits per heavy atom. The number of carbonyl (C=O) groups is 2. The molecule has 0 aliphatic carbocycles. The van der Waals surface area contributed by atoms with Crippen molar-refractivity contribution in [3.63, 3.8) is 0 Å². The molecule has 0 bridgehead atoms. The van der Waals surface area contributed by atoms with Crippen molar-refractivity contribution >= 4 is 27.5 Å². The van der Waals surface area contributed by atoms with Crippen LogP contribution in [-0.4, -0.2) is 50.9 Å². The maximum atomic E-state index is 14.2. The number of hydrogen-bond donors (Lipinski definition) is 1. The fourth-order valence-electron chi connectivity index (χ4n) is 4.41. The molecule has 0 aromatic heterocycles. The first kappa shape index (κ1) is 31.7. The standard InChI is InChI=1S/C32H41N3O5S/c1-6-28(32(37)33-21-24(3)4)34(22-26-13-9-8-10-14-26)31(36)23-35(29-15-11-12-16-30(29)40-7-2)41(38,39)27-19-17-25(5)18-20-27/h8-20,24,28H,6-7,21-23H2,1-5H3,(H,33,37)/t28-/m1/s1. The van der Waals surface area contributed by atoms with E-state index < -0.39 is 28.5 Å². The van der Waals surface area contributed by atoms with E-state index in [0.717, 1.165) is 15.4 Å². The van der Waals surface area contributed by atoms with Crippen LogP contribution in [0.2, 0.25) is 0 Å². The highest BCUT2D eigenvalue weighted by atomic mass is 32.2. The molecule has 41 heavy (non-hydrogen) atoms. The van der Waals surface area contributed by atoms with Crippen molar-refractivity contribution in [3.8, 4) is 5.75 Å². The lowest BCUT2D eigenvalue weighted by Gasteiger charge is -2.33. The van der Waals surface area contributed by atoms with E-state index in [-0.39, 0.29) is 29.0 Å². The summed E-state index contributed by atoms with van der Waals surface area (Å²) >= 11 is 0. The molecule has 3 rings (SSSR count). The first-order valence-corrected chi connectivity index (χ1v) is 15.4. The first-order chi connectivity index (χ1) is 19.6. The molecular formula is C32H41N3O5S. The number of hydrogen-bond acceptors (Lipinski definition) is 5. The Morgan fingerprint density at radius 3 is 2.15 bits per heavy atom. The smallest absolute Gasteiger partial charge is 0.264 e. The van der Waals surface area contributed by atoms with Crippen molar-refractivity contribution < 1.29 is 22.7 Å². The van der Waals surface area contributed by atoms with Gasteiger partial charge in [0.05, 0.1) is 17.2 Å². The quantitative estimate of drug-likeness (QED) is 0.284. The number of para-hydroxylation sites is 2. The molecule has 0 unspecified atom stereocenters. The third-order valence-corrected chi connectivity index (χ3v) is 8.36. The van der Waals surface area contributed by atoms with Crippen molar-refractivity contribution in [2.75, 3.05) is 24.0 Å². The minimum atomic E-state index is -4.18. The number of benzene rings is 3. The number of ether oxygens (including phenoxy) is 1. The highest BCUT2D eigenvalue weighted by molar-refractivity contribution is 7.92. The summed E-state index contributed by atoms with van der Waals surface area (Å²) in [5.41, 5.74) is 1.99. The molecule has 0 saturated heterocycles. The number of carbonyl (C=O) groups excluding carboxylic acids is 2. The largest absolute Gasteiger partial charge is 0.492 e. The van der Waals surface area contributed by atoms with Crippen LogP contribution in [0.3, 0.4) is 0 Å². The van der Waals surface area contributed by atoms with Crippen LogP contribution in [-0.2, 0) is 26.2 Å². The molecule has 220 valence electrons. The Kier molecular flexibility index (Phi) is 11.3. The minimum absolute atomic E-state index is 0.0542. The lowest BCUT2D eigenvalue weighted by molar-refractivity contribution is -0.140. The second-order valence-corrected chi connectivity index (χ2v) is 12.2. The normalized spacial score (nSPS) is 12.0. The van der Waals surface area contributed by atoms with Gasteiger partial charge in [-0.25, -0.2) is 8.42 Å². The van der Waals surface area contributed by atoms with E-state index >= 15 is 0 Å². The van der Waals surface area contributed by atoms with E-state index in [9.17, 15) is 18.0 Å². The first-order valence-electron chi connectivity index (χ1n) is 14.0. The van der Waals surface area contributed by atoms with Crippen molar-refractivity contribution in [2.24, 2.45) is 5.92 Å². The van der Waals surface area contributed by atoms with Gasteiger partial charge in [-0.15, -0.1) is 0 Å². The van der Waals surface area contributed by atoms with E-state index in [4.69, 9.17) is 4.74 Å². The molecule has 0 aliphatic rings. The lowest BCUT2D eigenvalue weighted by atomic mass is 10.1. The van der Waals surface area contributed by atoms with Gasteiger partial charge in [-0.2, -0.15) is 0 Å². The molecule has 1 atom stereocenters. The van der Waals surface area contributed by atoms with Crippen LogP contribution in [0.4, 0.5) is 5.69 Å². The average molecular weight is 580 g/mol. The molecule has 0 radical (unpaired) electrons. The van der Waals surface area contributed by atoms with Crippen LogP contribution in [0.5, 0.6) is 5.75 Å². The van der Waals surface area contributed by atoms with E-state index in [1.807, 2.05) is 65.0 Å². The van der Waals surface area contributed by atoms with Gasteiger partial charge in [0.2, 0.25) is 11.8 Å². The molecule has 3 aromatic rings. The summed E-state index contributed by atoms with van der Waals surface area (Å²) in [6.07, 6.45) is 0.364. The third kappa shape index (κ3) is 8.33. The summed E-state index contributed by atoms with van der Waals surface area (Å²) < 4.78 is 35.0. The summed E-state index contributed by atoms with van der Waals surface area (Å²) in [6, 6.07) is 21.8. The minimum Gasteiger partial charge on any atom is -0.492 e. The molecule has 0 aliphatic heterocycles. The molecule has 9 heteroatoms. The summed E-state index contributed by atoms with van der Waals surface area (Å²) in [5, 5.41) is 2.94. The van der Waals surface area contributed by atoms with Crippen molar-refractivity contribution in [1.29, 1.82) is 0 Å². The number of anilines is 1. The van der Waals surface area contributed by atoms with Gasteiger partial charge >= 0.3 is 0 Å². The van der Waals surface area contributed by atoms with Gasteiger partial charge in [0.1, 0.15) is 18.3 Å². The zero-order valence-corrected chi connectivity index (χ0v) is 25.4. The Morgan fingerprint density at radius 1 is 0.902 bits per heavy atom. The number of aryl methyl sites for hydroxylation is 1. The monoisotopic (exact) mass is 579 g/mol. The Labute approximate surface area is 244 Å². The zero-order valence-electron chi connectivity index (χ0n) is 24.5. The van der Waals surface area contributed by atoms with Crippen molar-refractivity contribution in [1.82, 2.24) is 10.2 Å². The summed E-state index contributed by atoms with van der Waals surface area (Å²) in [5.74, 6) is -0.190. The number of rotatable bonds is 14. The molecule has 8 nitrogen and oxygen atoms in total. The van der Waals surface area contributed by atoms with Gasteiger partial charge in [0.25, 0.3) is 10.0 Å². The van der Waals surface area contributed by atoms with Crippen LogP contribution in [0.1, 0.15) is 45.2 Å². The second kappa shape index (κ2) is 14.7. The number of nitrogens with one attached hydrogen (secondary N) is 1. The van der Waals surface area contributed by atoms with E-state index in [1.165, 1.54) is 17.0 Å². The molecule has 0 fully saturated rings. The predicted octanol–water partition coefficient (Wildman–Crippen LogP) is 5.17. The maximum Gasteiger partial charge on any atom is 0.264 e. The van der Waals surface area contributed by atoms with Crippen molar-refractivity contribution in [2.45, 2.75) is 58.5 Å². The third-order valence-electron chi connectivity index (χ3n) is 6.59. The number of nitrogens with zero attached hydrogens (tertiary/aromatic N) is 2. The predicted molar refractivity (Wildman–Crippen MR) is 162 cm³/mol. The maximum absolute atomic E-state index is 14.2. The fraction of sp³-hybridized carbons (Fsp3) is 0.375. The van der Waals surface area contributed by atoms with Gasteiger partial charge in [-0.05, 0) is 56.0 Å². The fourth-order valence-corrected chi connectivity index (χ4v) is 5.84. The zero-order chi connectivity index (χ0) is 30.0. The van der Waals surface area contributed by atoms with Crippen LogP contribution < -0.4 is 14.4 Å². The van der Waals surface area contributed by atoms with Crippen molar-refractivity contribution in [3.05, 3.63) is 90.0 Å². The average Bonchev–Trinajstić information content (AvgIpc) is 2.96. The Balaban J connectivity index is 2.08. The molecule has 3 aromatic carbocycles.